The second kappa shape index (κ2) is 7.08. The molecule has 1 aromatic rings. The standard InChI is InChI=1S/C18H27NO2/c1-13(2)17(16-8-6-5-7-9-16)10-18(20)19-14(3)11-21-12-15(19)4/h5-9,13-15,17H,10-12H2,1-4H3. The maximum Gasteiger partial charge on any atom is 0.223 e. The minimum atomic E-state index is 0.171. The molecule has 1 aromatic carbocycles. The summed E-state index contributed by atoms with van der Waals surface area (Å²) in [7, 11) is 0. The van der Waals surface area contributed by atoms with Crippen LogP contribution in [0, 0.1) is 5.92 Å². The van der Waals surface area contributed by atoms with Gasteiger partial charge in [-0.15, -0.1) is 0 Å². The molecule has 3 heteroatoms. The first-order valence-electron chi connectivity index (χ1n) is 7.94. The highest BCUT2D eigenvalue weighted by molar-refractivity contribution is 5.78. The van der Waals surface area contributed by atoms with E-state index in [9.17, 15) is 4.79 Å². The normalized spacial score (nSPS) is 24.1. The molecule has 116 valence electrons. The fraction of sp³-hybridized carbons (Fsp3) is 0.611. The molecule has 0 saturated carbocycles. The summed E-state index contributed by atoms with van der Waals surface area (Å²) in [6, 6.07) is 10.7. The zero-order valence-electron chi connectivity index (χ0n) is 13.6. The molecule has 1 amide bonds. The lowest BCUT2D eigenvalue weighted by Crippen LogP contribution is -2.52. The molecule has 0 N–H and O–H groups in total. The van der Waals surface area contributed by atoms with E-state index in [1.165, 1.54) is 5.56 Å². The van der Waals surface area contributed by atoms with Crippen molar-refractivity contribution in [2.24, 2.45) is 5.92 Å². The predicted molar refractivity (Wildman–Crippen MR) is 85.2 cm³/mol. The monoisotopic (exact) mass is 289 g/mol. The smallest absolute Gasteiger partial charge is 0.223 e. The van der Waals surface area contributed by atoms with Crippen LogP contribution in [0.25, 0.3) is 0 Å². The van der Waals surface area contributed by atoms with Gasteiger partial charge in [0.05, 0.1) is 25.3 Å². The molecule has 1 heterocycles. The quantitative estimate of drug-likeness (QED) is 0.849. The lowest BCUT2D eigenvalue weighted by molar-refractivity contribution is -0.144. The number of morpholine rings is 1. The third-order valence-corrected chi connectivity index (χ3v) is 4.38. The van der Waals surface area contributed by atoms with E-state index in [0.717, 1.165) is 0 Å². The molecule has 3 nitrogen and oxygen atoms in total. The van der Waals surface area contributed by atoms with Crippen LogP contribution in [-0.2, 0) is 9.53 Å². The number of ether oxygens (including phenoxy) is 1. The molecular weight excluding hydrogens is 262 g/mol. The molecule has 0 aromatic heterocycles. The maximum absolute atomic E-state index is 12.8. The number of carbonyl (C=O) groups excluding carboxylic acids is 1. The zero-order chi connectivity index (χ0) is 15.4. The third-order valence-electron chi connectivity index (χ3n) is 4.38. The molecule has 2 rings (SSSR count). The van der Waals surface area contributed by atoms with Crippen LogP contribution in [0.4, 0.5) is 0 Å². The van der Waals surface area contributed by atoms with Gasteiger partial charge in [-0.1, -0.05) is 44.2 Å². The number of carbonyl (C=O) groups is 1. The summed E-state index contributed by atoms with van der Waals surface area (Å²) in [5, 5.41) is 0. The molecule has 21 heavy (non-hydrogen) atoms. The van der Waals surface area contributed by atoms with Gasteiger partial charge < -0.3 is 9.64 Å². The van der Waals surface area contributed by atoms with Gasteiger partial charge in [-0.25, -0.2) is 0 Å². The first kappa shape index (κ1) is 16.0. The van der Waals surface area contributed by atoms with Crippen LogP contribution < -0.4 is 0 Å². The minimum Gasteiger partial charge on any atom is -0.377 e. The Labute approximate surface area is 128 Å². The van der Waals surface area contributed by atoms with Crippen molar-refractivity contribution in [2.45, 2.75) is 52.1 Å². The van der Waals surface area contributed by atoms with Gasteiger partial charge in [-0.05, 0) is 31.2 Å². The number of nitrogens with zero attached hydrogens (tertiary/aromatic N) is 1. The first-order chi connectivity index (χ1) is 10.0. The maximum atomic E-state index is 12.8. The second-order valence-corrected chi connectivity index (χ2v) is 6.50. The molecule has 3 unspecified atom stereocenters. The van der Waals surface area contributed by atoms with Crippen molar-refractivity contribution < 1.29 is 9.53 Å². The van der Waals surface area contributed by atoms with Gasteiger partial charge in [-0.2, -0.15) is 0 Å². The SMILES string of the molecule is CC(C)C(CC(=O)N1C(C)COCC1C)c1ccccc1. The lowest BCUT2D eigenvalue weighted by Gasteiger charge is -2.39. The number of rotatable bonds is 4. The Kier molecular flexibility index (Phi) is 5.40. The summed E-state index contributed by atoms with van der Waals surface area (Å²) in [6.45, 7) is 9.82. The van der Waals surface area contributed by atoms with Crippen molar-refractivity contribution in [3.63, 3.8) is 0 Å². The zero-order valence-corrected chi connectivity index (χ0v) is 13.6. The molecule has 0 radical (unpaired) electrons. The molecule has 0 spiro atoms. The third kappa shape index (κ3) is 3.85. The summed E-state index contributed by atoms with van der Waals surface area (Å²) in [6.07, 6.45) is 0.580. The largest absolute Gasteiger partial charge is 0.377 e. The van der Waals surface area contributed by atoms with Gasteiger partial charge in [0.1, 0.15) is 0 Å². The van der Waals surface area contributed by atoms with Gasteiger partial charge >= 0.3 is 0 Å². The van der Waals surface area contributed by atoms with E-state index in [4.69, 9.17) is 4.74 Å². The van der Waals surface area contributed by atoms with E-state index in [2.05, 4.69) is 52.0 Å². The van der Waals surface area contributed by atoms with E-state index in [1.54, 1.807) is 0 Å². The van der Waals surface area contributed by atoms with E-state index in [0.29, 0.717) is 25.6 Å². The van der Waals surface area contributed by atoms with Gasteiger partial charge in [-0.3, -0.25) is 4.79 Å². The summed E-state index contributed by atoms with van der Waals surface area (Å²) in [4.78, 5) is 14.8. The molecule has 1 fully saturated rings. The highest BCUT2D eigenvalue weighted by Crippen LogP contribution is 2.29. The van der Waals surface area contributed by atoms with Crippen molar-refractivity contribution >= 4 is 5.91 Å². The van der Waals surface area contributed by atoms with E-state index in [1.807, 2.05) is 11.0 Å². The molecule has 1 saturated heterocycles. The van der Waals surface area contributed by atoms with Crippen LogP contribution in [0.1, 0.15) is 45.6 Å². The first-order valence-corrected chi connectivity index (χ1v) is 7.94. The van der Waals surface area contributed by atoms with E-state index >= 15 is 0 Å². The Morgan fingerprint density at radius 2 is 1.76 bits per heavy atom. The Balaban J connectivity index is 2.11. The van der Waals surface area contributed by atoms with Crippen LogP contribution in [-0.4, -0.2) is 36.1 Å². The fourth-order valence-corrected chi connectivity index (χ4v) is 3.23. The fourth-order valence-electron chi connectivity index (χ4n) is 3.23. The van der Waals surface area contributed by atoms with Crippen LogP contribution in [0.5, 0.6) is 0 Å². The van der Waals surface area contributed by atoms with Crippen molar-refractivity contribution in [1.82, 2.24) is 4.90 Å². The molecule has 0 bridgehead atoms. The average molecular weight is 289 g/mol. The molecule has 0 aliphatic carbocycles. The molecule has 1 aliphatic rings. The summed E-state index contributed by atoms with van der Waals surface area (Å²) >= 11 is 0. The Hall–Kier alpha value is -1.35. The minimum absolute atomic E-state index is 0.171. The van der Waals surface area contributed by atoms with Crippen molar-refractivity contribution in [1.29, 1.82) is 0 Å². The van der Waals surface area contributed by atoms with Crippen LogP contribution in [0.3, 0.4) is 0 Å². The highest BCUT2D eigenvalue weighted by Gasteiger charge is 2.31. The van der Waals surface area contributed by atoms with Crippen LogP contribution in [0.15, 0.2) is 30.3 Å². The number of hydrogen-bond donors (Lipinski definition) is 0. The topological polar surface area (TPSA) is 29.5 Å². The van der Waals surface area contributed by atoms with Crippen molar-refractivity contribution in [3.05, 3.63) is 35.9 Å². The second-order valence-electron chi connectivity index (χ2n) is 6.50. The number of amides is 1. The highest BCUT2D eigenvalue weighted by atomic mass is 16.5. The summed E-state index contributed by atoms with van der Waals surface area (Å²) in [5.41, 5.74) is 1.26. The van der Waals surface area contributed by atoms with Crippen molar-refractivity contribution in [2.75, 3.05) is 13.2 Å². The van der Waals surface area contributed by atoms with Gasteiger partial charge in [0.2, 0.25) is 5.91 Å². The number of hydrogen-bond acceptors (Lipinski definition) is 2. The lowest BCUT2D eigenvalue weighted by atomic mass is 9.85. The predicted octanol–water partition coefficient (Wildman–Crippen LogP) is 3.45. The summed E-state index contributed by atoms with van der Waals surface area (Å²) < 4.78 is 5.52. The van der Waals surface area contributed by atoms with Gasteiger partial charge in [0.25, 0.3) is 0 Å². The molecule has 1 aliphatic heterocycles. The molecular formula is C18H27NO2. The van der Waals surface area contributed by atoms with Crippen LogP contribution >= 0.6 is 0 Å². The molecule has 3 atom stereocenters. The Morgan fingerprint density at radius 1 is 1.19 bits per heavy atom. The van der Waals surface area contributed by atoms with Gasteiger partial charge in [0.15, 0.2) is 0 Å². The Morgan fingerprint density at radius 3 is 2.29 bits per heavy atom. The van der Waals surface area contributed by atoms with Crippen LogP contribution in [0.2, 0.25) is 0 Å². The van der Waals surface area contributed by atoms with Gasteiger partial charge in [0, 0.05) is 6.42 Å². The number of benzene rings is 1. The van der Waals surface area contributed by atoms with E-state index in [-0.39, 0.29) is 23.9 Å². The Bertz CT molecular complexity index is 448. The summed E-state index contributed by atoms with van der Waals surface area (Å²) in [5.74, 6) is 0.977. The average Bonchev–Trinajstić information content (AvgIpc) is 2.45. The van der Waals surface area contributed by atoms with E-state index < -0.39 is 0 Å². The van der Waals surface area contributed by atoms with Crippen molar-refractivity contribution in [3.8, 4) is 0 Å².